The summed E-state index contributed by atoms with van der Waals surface area (Å²) in [6.07, 6.45) is -0.109. The zero-order valence-corrected chi connectivity index (χ0v) is 15.2. The molecule has 2 aromatic carbocycles. The first-order valence-electron chi connectivity index (χ1n) is 8.20. The molecule has 0 heterocycles. The molecule has 0 radical (unpaired) electrons. The number of carboxylic acids is 1. The molecule has 26 heavy (non-hydrogen) atoms. The predicted molar refractivity (Wildman–Crippen MR) is 99.7 cm³/mol. The van der Waals surface area contributed by atoms with Crippen molar-refractivity contribution in [2.45, 2.75) is 6.42 Å². The zero-order valence-electron chi connectivity index (χ0n) is 14.5. The monoisotopic (exact) mass is 376 g/mol. The quantitative estimate of drug-likeness (QED) is 0.502. The largest absolute Gasteiger partial charge is 0.481 e. The number of Topliss-reactive ketones (excluding diaryl/α,β-unsaturated/α-hetero) is 1. The Morgan fingerprint density at radius 2 is 1.58 bits per heavy atom. The van der Waals surface area contributed by atoms with E-state index in [2.05, 4.69) is 0 Å². The average Bonchev–Trinajstić information content (AvgIpc) is 2.64. The first kappa shape index (κ1) is 20.1. The van der Waals surface area contributed by atoms with E-state index >= 15 is 0 Å². The van der Waals surface area contributed by atoms with Crippen LogP contribution in [0.5, 0.6) is 0 Å². The second-order valence-corrected chi connectivity index (χ2v) is 6.25. The molecule has 2 rings (SSSR count). The topological polar surface area (TPSA) is 72.8 Å². The fraction of sp³-hybridized carbons (Fsp3) is 0.300. The summed E-state index contributed by atoms with van der Waals surface area (Å²) in [5, 5.41) is 9.93. The van der Waals surface area contributed by atoms with E-state index in [4.69, 9.17) is 21.1 Å². The van der Waals surface area contributed by atoms with E-state index in [0.29, 0.717) is 23.8 Å². The van der Waals surface area contributed by atoms with Gasteiger partial charge < -0.3 is 14.6 Å². The minimum Gasteiger partial charge on any atom is -0.481 e. The number of halogens is 1. The van der Waals surface area contributed by atoms with E-state index in [1.165, 1.54) is 7.11 Å². The molecule has 138 valence electrons. The highest BCUT2D eigenvalue weighted by Crippen LogP contribution is 2.22. The maximum absolute atomic E-state index is 12.4. The second kappa shape index (κ2) is 10.1. The lowest BCUT2D eigenvalue weighted by molar-refractivity contribution is -0.144. The predicted octanol–water partition coefficient (Wildman–Crippen LogP) is 3.94. The van der Waals surface area contributed by atoms with Crippen molar-refractivity contribution in [3.05, 3.63) is 59.1 Å². The molecular weight excluding hydrogens is 356 g/mol. The van der Waals surface area contributed by atoms with Gasteiger partial charge in [0.15, 0.2) is 5.78 Å². The van der Waals surface area contributed by atoms with Gasteiger partial charge in [0.05, 0.1) is 25.7 Å². The van der Waals surface area contributed by atoms with Crippen LogP contribution in [0, 0.1) is 5.92 Å². The molecular formula is C20H21ClO5. The van der Waals surface area contributed by atoms with Crippen LogP contribution in [-0.4, -0.2) is 43.8 Å². The number of hydrogen-bond donors (Lipinski definition) is 1. The van der Waals surface area contributed by atoms with Gasteiger partial charge in [0.25, 0.3) is 0 Å². The number of ether oxygens (including phenoxy) is 2. The zero-order chi connectivity index (χ0) is 18.9. The summed E-state index contributed by atoms with van der Waals surface area (Å²) in [4.78, 5) is 23.7. The maximum Gasteiger partial charge on any atom is 0.309 e. The molecule has 6 heteroatoms. The fourth-order valence-corrected chi connectivity index (χ4v) is 2.54. The number of carbonyl (C=O) groups is 2. The molecule has 1 atom stereocenters. The lowest BCUT2D eigenvalue weighted by Gasteiger charge is -2.12. The van der Waals surface area contributed by atoms with E-state index < -0.39 is 11.9 Å². The Morgan fingerprint density at radius 1 is 1.00 bits per heavy atom. The smallest absolute Gasteiger partial charge is 0.309 e. The molecule has 0 aliphatic rings. The Labute approximate surface area is 157 Å². The highest BCUT2D eigenvalue weighted by Gasteiger charge is 2.22. The first-order chi connectivity index (χ1) is 12.5. The first-order valence-corrected chi connectivity index (χ1v) is 8.57. The Bertz CT molecular complexity index is 725. The van der Waals surface area contributed by atoms with Gasteiger partial charge in [-0.2, -0.15) is 0 Å². The van der Waals surface area contributed by atoms with Gasteiger partial charge in [-0.05, 0) is 23.3 Å². The van der Waals surface area contributed by atoms with Crippen molar-refractivity contribution in [2.24, 2.45) is 5.92 Å². The second-order valence-electron chi connectivity index (χ2n) is 5.81. The summed E-state index contributed by atoms with van der Waals surface area (Å²) in [6.45, 7) is 0.657. The van der Waals surface area contributed by atoms with Crippen molar-refractivity contribution in [3.8, 4) is 11.1 Å². The fourth-order valence-electron chi connectivity index (χ4n) is 2.42. The third-order valence-corrected chi connectivity index (χ3v) is 4.17. The van der Waals surface area contributed by atoms with Gasteiger partial charge >= 0.3 is 5.97 Å². The molecule has 0 aliphatic heterocycles. The molecule has 1 N–H and O–H groups in total. The van der Waals surface area contributed by atoms with Gasteiger partial charge in [-0.15, -0.1) is 0 Å². The number of rotatable bonds is 10. The Hall–Kier alpha value is -2.21. The molecule has 0 bridgehead atoms. The molecule has 0 saturated carbocycles. The minimum atomic E-state index is -1.05. The van der Waals surface area contributed by atoms with Gasteiger partial charge in [-0.3, -0.25) is 9.59 Å². The van der Waals surface area contributed by atoms with Crippen molar-refractivity contribution in [1.29, 1.82) is 0 Å². The summed E-state index contributed by atoms with van der Waals surface area (Å²) in [5.41, 5.74) is 2.42. The van der Waals surface area contributed by atoms with Gasteiger partial charge in [0.2, 0.25) is 0 Å². The number of hydrogen-bond acceptors (Lipinski definition) is 4. The molecule has 1 unspecified atom stereocenters. The minimum absolute atomic E-state index is 0.0205. The van der Waals surface area contributed by atoms with Crippen molar-refractivity contribution in [1.82, 2.24) is 0 Å². The van der Waals surface area contributed by atoms with Crippen LogP contribution in [-0.2, 0) is 14.3 Å². The van der Waals surface area contributed by atoms with Crippen LogP contribution >= 0.6 is 11.6 Å². The van der Waals surface area contributed by atoms with Crippen LogP contribution in [0.25, 0.3) is 11.1 Å². The van der Waals surface area contributed by atoms with Gasteiger partial charge in [-0.1, -0.05) is 48.0 Å². The van der Waals surface area contributed by atoms with Crippen LogP contribution in [0.3, 0.4) is 0 Å². The summed E-state index contributed by atoms with van der Waals surface area (Å²) >= 11 is 5.88. The Balaban J connectivity index is 1.99. The van der Waals surface area contributed by atoms with Gasteiger partial charge in [0.1, 0.15) is 0 Å². The normalized spacial score (nSPS) is 11.9. The molecule has 0 aromatic heterocycles. The van der Waals surface area contributed by atoms with Crippen molar-refractivity contribution in [2.75, 3.05) is 26.9 Å². The summed E-state index contributed by atoms with van der Waals surface area (Å²) in [7, 11) is 1.54. The van der Waals surface area contributed by atoms with Crippen LogP contribution in [0.1, 0.15) is 16.8 Å². The van der Waals surface area contributed by atoms with Crippen LogP contribution in [0.15, 0.2) is 48.5 Å². The molecule has 0 fully saturated rings. The third-order valence-electron chi connectivity index (χ3n) is 3.92. The Morgan fingerprint density at radius 3 is 2.12 bits per heavy atom. The number of benzene rings is 2. The van der Waals surface area contributed by atoms with Crippen LogP contribution in [0.4, 0.5) is 0 Å². The van der Waals surface area contributed by atoms with Crippen molar-refractivity contribution in [3.63, 3.8) is 0 Å². The van der Waals surface area contributed by atoms with Crippen molar-refractivity contribution >= 4 is 23.4 Å². The number of aliphatic carboxylic acids is 1. The van der Waals surface area contributed by atoms with E-state index in [-0.39, 0.29) is 18.8 Å². The average molecular weight is 377 g/mol. The molecule has 0 saturated heterocycles. The Kier molecular flexibility index (Phi) is 7.78. The highest BCUT2D eigenvalue weighted by atomic mass is 35.5. The number of methoxy groups -OCH3 is 1. The molecule has 0 amide bonds. The standard InChI is InChI=1S/C20H21ClO5/c1-25-10-11-26-13-17(20(23)24)12-19(22)16-4-2-14(3-5-16)15-6-8-18(21)9-7-15/h2-9,17H,10-13H2,1H3,(H,23,24). The third kappa shape index (κ3) is 5.95. The molecule has 0 aliphatic carbocycles. The molecule has 2 aromatic rings. The maximum atomic E-state index is 12.4. The van der Waals surface area contributed by atoms with Crippen molar-refractivity contribution < 1.29 is 24.2 Å². The van der Waals surface area contributed by atoms with E-state index in [9.17, 15) is 14.7 Å². The molecule has 5 nitrogen and oxygen atoms in total. The SMILES string of the molecule is COCCOCC(CC(=O)c1ccc(-c2ccc(Cl)cc2)cc1)C(=O)O. The number of carbonyl (C=O) groups excluding carboxylic acids is 1. The van der Waals surface area contributed by atoms with Crippen LogP contribution in [0.2, 0.25) is 5.02 Å². The van der Waals surface area contributed by atoms with Gasteiger partial charge in [0, 0.05) is 24.1 Å². The van der Waals surface area contributed by atoms with Gasteiger partial charge in [-0.25, -0.2) is 0 Å². The lowest BCUT2D eigenvalue weighted by atomic mass is 9.97. The van der Waals surface area contributed by atoms with E-state index in [1.54, 1.807) is 24.3 Å². The van der Waals surface area contributed by atoms with E-state index in [0.717, 1.165) is 11.1 Å². The summed E-state index contributed by atoms with van der Waals surface area (Å²) in [5.74, 6) is -2.15. The van der Waals surface area contributed by atoms with Crippen LogP contribution < -0.4 is 0 Å². The number of ketones is 1. The van der Waals surface area contributed by atoms with E-state index in [1.807, 2.05) is 24.3 Å². The highest BCUT2D eigenvalue weighted by molar-refractivity contribution is 6.30. The summed E-state index contributed by atoms with van der Waals surface area (Å²) in [6, 6.07) is 14.5. The lowest BCUT2D eigenvalue weighted by Crippen LogP contribution is -2.24. The summed E-state index contributed by atoms with van der Waals surface area (Å²) < 4.78 is 10.1. The number of carboxylic acid groups (broad SMARTS) is 1. The molecule has 0 spiro atoms.